The molecule has 2 aromatic carbocycles. The lowest BCUT2D eigenvalue weighted by atomic mass is 10.2. The fourth-order valence-electron chi connectivity index (χ4n) is 2.85. The smallest absolute Gasteiger partial charge is 0.286 e. The van der Waals surface area contributed by atoms with Crippen molar-refractivity contribution in [2.75, 3.05) is 12.1 Å². The van der Waals surface area contributed by atoms with Crippen LogP contribution in [-0.2, 0) is 21.4 Å². The number of benzene rings is 2. The second-order valence-corrected chi connectivity index (χ2v) is 7.67. The number of nitrogens with one attached hydrogen (secondary N) is 2. The van der Waals surface area contributed by atoms with E-state index in [2.05, 4.69) is 15.0 Å². The van der Waals surface area contributed by atoms with Crippen LogP contribution in [0.25, 0.3) is 0 Å². The van der Waals surface area contributed by atoms with Crippen molar-refractivity contribution in [1.82, 2.24) is 5.32 Å². The van der Waals surface area contributed by atoms with Crippen molar-refractivity contribution in [2.45, 2.75) is 24.3 Å². The van der Waals surface area contributed by atoms with Crippen LogP contribution in [0.1, 0.15) is 18.4 Å². The number of sulfonamides is 1. The Kier molecular flexibility index (Phi) is 4.44. The van der Waals surface area contributed by atoms with E-state index >= 15 is 0 Å². The molecule has 0 aliphatic carbocycles. The standard InChI is InChI=1S/C18H17N3O5S/c22-18(19-10-12-5-6-14-15(9-12)26-11-25-14)8-7-17-20-13-3-1-2-4-16(13)27(23,24)21-17/h1-6,9H,7-8,10-11H2,(H,19,22)(H,20,21). The molecule has 9 heteroatoms. The van der Waals surface area contributed by atoms with Gasteiger partial charge in [0.1, 0.15) is 10.7 Å². The van der Waals surface area contributed by atoms with Crippen LogP contribution in [0, 0.1) is 0 Å². The SMILES string of the molecule is O=C(CCC1=NS(=O)(=O)c2ccccc2N1)NCc1ccc2c(c1)OCO2. The van der Waals surface area contributed by atoms with Crippen molar-refractivity contribution in [3.63, 3.8) is 0 Å². The molecule has 0 fully saturated rings. The number of para-hydroxylation sites is 1. The highest BCUT2D eigenvalue weighted by molar-refractivity contribution is 7.90. The molecule has 0 radical (unpaired) electrons. The number of amidine groups is 1. The summed E-state index contributed by atoms with van der Waals surface area (Å²) in [6.07, 6.45) is 0.314. The first kappa shape index (κ1) is 17.3. The molecule has 0 saturated heterocycles. The Morgan fingerprint density at radius 1 is 1.15 bits per heavy atom. The molecule has 0 aromatic heterocycles. The average molecular weight is 387 g/mol. The van der Waals surface area contributed by atoms with E-state index in [0.717, 1.165) is 5.56 Å². The van der Waals surface area contributed by atoms with E-state index in [0.29, 0.717) is 23.7 Å². The number of rotatable bonds is 5. The van der Waals surface area contributed by atoms with Crippen molar-refractivity contribution in [3.8, 4) is 11.5 Å². The normalized spacial score (nSPS) is 16.1. The molecule has 2 aliphatic heterocycles. The molecule has 2 N–H and O–H groups in total. The number of amides is 1. The molecular weight excluding hydrogens is 370 g/mol. The van der Waals surface area contributed by atoms with Gasteiger partial charge in [-0.3, -0.25) is 4.79 Å². The highest BCUT2D eigenvalue weighted by Gasteiger charge is 2.24. The maximum absolute atomic E-state index is 12.2. The third kappa shape index (κ3) is 3.72. The third-order valence-corrected chi connectivity index (χ3v) is 5.56. The van der Waals surface area contributed by atoms with Crippen LogP contribution in [0.5, 0.6) is 11.5 Å². The first-order valence-corrected chi connectivity index (χ1v) is 9.80. The zero-order valence-electron chi connectivity index (χ0n) is 14.3. The molecule has 0 atom stereocenters. The van der Waals surface area contributed by atoms with Crippen molar-refractivity contribution < 1.29 is 22.7 Å². The molecular formula is C18H17N3O5S. The zero-order valence-corrected chi connectivity index (χ0v) is 15.1. The summed E-state index contributed by atoms with van der Waals surface area (Å²) in [5.41, 5.74) is 1.36. The van der Waals surface area contributed by atoms with Crippen LogP contribution in [0.3, 0.4) is 0 Å². The number of carbonyl (C=O) groups excluding carboxylic acids is 1. The van der Waals surface area contributed by atoms with Crippen LogP contribution >= 0.6 is 0 Å². The molecule has 8 nitrogen and oxygen atoms in total. The van der Waals surface area contributed by atoms with Crippen LogP contribution in [0.4, 0.5) is 5.69 Å². The molecule has 140 valence electrons. The van der Waals surface area contributed by atoms with Crippen molar-refractivity contribution in [3.05, 3.63) is 48.0 Å². The molecule has 1 amide bonds. The van der Waals surface area contributed by atoms with Gasteiger partial charge in [-0.15, -0.1) is 4.40 Å². The Morgan fingerprint density at radius 2 is 1.96 bits per heavy atom. The Morgan fingerprint density at radius 3 is 2.85 bits per heavy atom. The molecule has 0 unspecified atom stereocenters. The number of nitrogens with zero attached hydrogens (tertiary/aromatic N) is 1. The fraction of sp³-hybridized carbons (Fsp3) is 0.222. The Hall–Kier alpha value is -3.07. The largest absolute Gasteiger partial charge is 0.454 e. The molecule has 0 saturated carbocycles. The highest BCUT2D eigenvalue weighted by atomic mass is 32.2. The van der Waals surface area contributed by atoms with E-state index in [4.69, 9.17) is 9.47 Å². The molecule has 27 heavy (non-hydrogen) atoms. The summed E-state index contributed by atoms with van der Waals surface area (Å²) in [5, 5.41) is 5.77. The molecule has 0 spiro atoms. The lowest BCUT2D eigenvalue weighted by Gasteiger charge is -2.17. The van der Waals surface area contributed by atoms with E-state index in [-0.39, 0.29) is 36.3 Å². The van der Waals surface area contributed by atoms with E-state index in [1.165, 1.54) is 6.07 Å². The molecule has 0 bridgehead atoms. The molecule has 2 aromatic rings. The van der Waals surface area contributed by atoms with E-state index in [9.17, 15) is 13.2 Å². The van der Waals surface area contributed by atoms with E-state index in [1.807, 2.05) is 12.1 Å². The topological polar surface area (TPSA) is 106 Å². The number of ether oxygens (including phenoxy) is 2. The van der Waals surface area contributed by atoms with Crippen LogP contribution in [-0.4, -0.2) is 27.0 Å². The lowest BCUT2D eigenvalue weighted by molar-refractivity contribution is -0.121. The van der Waals surface area contributed by atoms with Gasteiger partial charge in [0, 0.05) is 19.4 Å². The van der Waals surface area contributed by atoms with Crippen molar-refractivity contribution >= 4 is 27.5 Å². The minimum Gasteiger partial charge on any atom is -0.454 e. The fourth-order valence-corrected chi connectivity index (χ4v) is 4.02. The predicted molar refractivity (Wildman–Crippen MR) is 98.3 cm³/mol. The monoisotopic (exact) mass is 387 g/mol. The molecule has 2 heterocycles. The summed E-state index contributed by atoms with van der Waals surface area (Å²) in [4.78, 5) is 12.2. The van der Waals surface area contributed by atoms with Crippen LogP contribution in [0.15, 0.2) is 51.8 Å². The highest BCUT2D eigenvalue weighted by Crippen LogP contribution is 2.32. The Bertz CT molecular complexity index is 1030. The first-order valence-electron chi connectivity index (χ1n) is 8.36. The number of hydrogen-bond acceptors (Lipinski definition) is 6. The first-order chi connectivity index (χ1) is 13.0. The van der Waals surface area contributed by atoms with Gasteiger partial charge >= 0.3 is 0 Å². The number of carbonyl (C=O) groups is 1. The maximum Gasteiger partial charge on any atom is 0.286 e. The minimum absolute atomic E-state index is 0.119. The minimum atomic E-state index is -3.73. The summed E-state index contributed by atoms with van der Waals surface area (Å²) in [6.45, 7) is 0.544. The van der Waals surface area contributed by atoms with Gasteiger partial charge in [-0.1, -0.05) is 18.2 Å². The quantitative estimate of drug-likeness (QED) is 0.813. The number of fused-ring (bicyclic) bond motifs is 2. The zero-order chi connectivity index (χ0) is 18.9. The molecule has 2 aliphatic rings. The summed E-state index contributed by atoms with van der Waals surface area (Å²) >= 11 is 0. The van der Waals surface area contributed by atoms with Crippen LogP contribution in [0.2, 0.25) is 0 Å². The van der Waals surface area contributed by atoms with E-state index in [1.54, 1.807) is 24.3 Å². The number of anilines is 1. The van der Waals surface area contributed by atoms with Crippen LogP contribution < -0.4 is 20.1 Å². The van der Waals surface area contributed by atoms with Gasteiger partial charge in [0.25, 0.3) is 10.0 Å². The van der Waals surface area contributed by atoms with Crippen molar-refractivity contribution in [1.29, 1.82) is 0 Å². The average Bonchev–Trinajstić information content (AvgIpc) is 3.12. The van der Waals surface area contributed by atoms with Gasteiger partial charge in [0.2, 0.25) is 12.7 Å². The maximum atomic E-state index is 12.2. The van der Waals surface area contributed by atoms with Gasteiger partial charge in [-0.2, -0.15) is 8.42 Å². The Labute approximate surface area is 156 Å². The predicted octanol–water partition coefficient (Wildman–Crippen LogP) is 2.02. The van der Waals surface area contributed by atoms with Gasteiger partial charge in [0.15, 0.2) is 11.5 Å². The van der Waals surface area contributed by atoms with Gasteiger partial charge in [-0.25, -0.2) is 0 Å². The third-order valence-electron chi connectivity index (χ3n) is 4.19. The molecule has 4 rings (SSSR count). The summed E-state index contributed by atoms with van der Waals surface area (Å²) in [5.74, 6) is 1.40. The summed E-state index contributed by atoms with van der Waals surface area (Å²) < 4.78 is 38.7. The second-order valence-electron chi connectivity index (χ2n) is 6.10. The van der Waals surface area contributed by atoms with Gasteiger partial charge in [0.05, 0.1) is 5.69 Å². The lowest BCUT2D eigenvalue weighted by Crippen LogP contribution is -2.26. The van der Waals surface area contributed by atoms with E-state index < -0.39 is 10.0 Å². The van der Waals surface area contributed by atoms with Crippen molar-refractivity contribution in [2.24, 2.45) is 4.40 Å². The number of hydrogen-bond donors (Lipinski definition) is 2. The summed E-state index contributed by atoms with van der Waals surface area (Å²) in [6, 6.07) is 12.0. The Balaban J connectivity index is 1.33. The summed E-state index contributed by atoms with van der Waals surface area (Å²) in [7, 11) is -3.73. The second kappa shape index (κ2) is 6.92. The van der Waals surface area contributed by atoms with Gasteiger partial charge in [-0.05, 0) is 29.8 Å². The van der Waals surface area contributed by atoms with Gasteiger partial charge < -0.3 is 20.1 Å².